The predicted octanol–water partition coefficient (Wildman–Crippen LogP) is 3.13. The van der Waals surface area contributed by atoms with Gasteiger partial charge in [0, 0.05) is 54.4 Å². The molecule has 2 atom stereocenters. The maximum absolute atomic E-state index is 14.2. The largest absolute Gasteiger partial charge is 0.482 e. The molecular formula is C24H25FN6O2. The number of Topliss-reactive ketones (excluding diaryl/α,β-unsaturated/α-hetero) is 1. The lowest BCUT2D eigenvalue weighted by atomic mass is 9.87. The first-order valence-corrected chi connectivity index (χ1v) is 10.6. The van der Waals surface area contributed by atoms with Crippen LogP contribution in [0, 0.1) is 23.1 Å². The van der Waals surface area contributed by atoms with Gasteiger partial charge in [0.25, 0.3) is 0 Å². The molecule has 3 heterocycles. The lowest BCUT2D eigenvalue weighted by Crippen LogP contribution is -2.31. The van der Waals surface area contributed by atoms with Crippen molar-refractivity contribution in [2.75, 3.05) is 26.4 Å². The first kappa shape index (κ1) is 22.4. The van der Waals surface area contributed by atoms with Crippen molar-refractivity contribution in [1.29, 1.82) is 5.26 Å². The summed E-state index contributed by atoms with van der Waals surface area (Å²) in [6, 6.07) is 8.01. The Labute approximate surface area is 191 Å². The number of ketones is 1. The number of nitrogens with two attached hydrogens (primary N) is 1. The number of pyridine rings is 1. The Kier molecular flexibility index (Phi) is 5.87. The Morgan fingerprint density at radius 1 is 1.36 bits per heavy atom. The molecular weight excluding hydrogens is 423 g/mol. The number of anilines is 1. The number of nitrogen functional groups attached to an aromatic ring is 1. The SMILES string of the molecule is C[C@H]1Oc2cc(cnc2N)-c2c(nn(C)c2C#N)CC(CN(C)C)C(=O)c2ccc(F)cc21. The van der Waals surface area contributed by atoms with Crippen LogP contribution in [0.3, 0.4) is 0 Å². The van der Waals surface area contributed by atoms with Crippen molar-refractivity contribution in [3.05, 3.63) is 58.8 Å². The van der Waals surface area contributed by atoms with Gasteiger partial charge in [0.15, 0.2) is 17.4 Å². The molecule has 9 heteroatoms. The second-order valence-electron chi connectivity index (χ2n) is 8.53. The van der Waals surface area contributed by atoms with Gasteiger partial charge in [0.1, 0.15) is 23.7 Å². The maximum atomic E-state index is 14.2. The molecule has 1 aromatic carbocycles. The van der Waals surface area contributed by atoms with Crippen LogP contribution in [0.4, 0.5) is 10.2 Å². The van der Waals surface area contributed by atoms with Gasteiger partial charge in [0.2, 0.25) is 0 Å². The molecule has 2 bridgehead atoms. The van der Waals surface area contributed by atoms with Crippen LogP contribution in [0.25, 0.3) is 11.1 Å². The number of nitriles is 1. The van der Waals surface area contributed by atoms with Gasteiger partial charge in [-0.1, -0.05) is 0 Å². The highest BCUT2D eigenvalue weighted by molar-refractivity contribution is 5.99. The number of fused-ring (bicyclic) bond motifs is 5. The third-order valence-corrected chi connectivity index (χ3v) is 5.81. The lowest BCUT2D eigenvalue weighted by molar-refractivity contribution is 0.0891. The third-order valence-electron chi connectivity index (χ3n) is 5.81. The highest BCUT2D eigenvalue weighted by Gasteiger charge is 2.30. The summed E-state index contributed by atoms with van der Waals surface area (Å²) >= 11 is 0. The van der Waals surface area contributed by atoms with Crippen molar-refractivity contribution in [3.63, 3.8) is 0 Å². The van der Waals surface area contributed by atoms with Gasteiger partial charge >= 0.3 is 0 Å². The molecule has 170 valence electrons. The quantitative estimate of drug-likeness (QED) is 0.641. The number of carbonyl (C=O) groups excluding carboxylic acids is 1. The summed E-state index contributed by atoms with van der Waals surface area (Å²) < 4.78 is 21.8. The summed E-state index contributed by atoms with van der Waals surface area (Å²) in [5.74, 6) is -0.635. The first-order chi connectivity index (χ1) is 15.7. The molecule has 0 radical (unpaired) electrons. The van der Waals surface area contributed by atoms with Gasteiger partial charge in [-0.15, -0.1) is 0 Å². The summed E-state index contributed by atoms with van der Waals surface area (Å²) in [4.78, 5) is 19.9. The summed E-state index contributed by atoms with van der Waals surface area (Å²) in [5, 5.41) is 14.4. The fourth-order valence-electron chi connectivity index (χ4n) is 4.32. The minimum Gasteiger partial charge on any atom is -0.482 e. The lowest BCUT2D eigenvalue weighted by Gasteiger charge is -2.24. The molecule has 1 aliphatic heterocycles. The van der Waals surface area contributed by atoms with Crippen molar-refractivity contribution >= 4 is 11.6 Å². The molecule has 3 aromatic rings. The van der Waals surface area contributed by atoms with E-state index >= 15 is 0 Å². The van der Waals surface area contributed by atoms with E-state index in [9.17, 15) is 14.4 Å². The number of hydrogen-bond donors (Lipinski definition) is 1. The summed E-state index contributed by atoms with van der Waals surface area (Å²) in [5.41, 5.74) is 9.05. The highest BCUT2D eigenvalue weighted by Crippen LogP contribution is 2.36. The van der Waals surface area contributed by atoms with E-state index in [2.05, 4.69) is 16.2 Å². The average Bonchev–Trinajstić information content (AvgIpc) is 3.08. The monoisotopic (exact) mass is 448 g/mol. The molecule has 0 saturated heterocycles. The number of hydrogen-bond acceptors (Lipinski definition) is 7. The second-order valence-corrected chi connectivity index (χ2v) is 8.53. The molecule has 2 N–H and O–H groups in total. The van der Waals surface area contributed by atoms with E-state index < -0.39 is 17.8 Å². The van der Waals surface area contributed by atoms with Gasteiger partial charge in [-0.05, 0) is 45.3 Å². The van der Waals surface area contributed by atoms with Crippen LogP contribution in [-0.4, -0.2) is 46.1 Å². The molecule has 0 amide bonds. The fraction of sp³-hybridized carbons (Fsp3) is 0.333. The van der Waals surface area contributed by atoms with Gasteiger partial charge in [-0.3, -0.25) is 9.48 Å². The summed E-state index contributed by atoms with van der Waals surface area (Å²) in [7, 11) is 5.46. The predicted molar refractivity (Wildman–Crippen MR) is 121 cm³/mol. The number of benzene rings is 1. The topological polar surface area (TPSA) is 110 Å². The van der Waals surface area contributed by atoms with Crippen molar-refractivity contribution in [1.82, 2.24) is 19.7 Å². The van der Waals surface area contributed by atoms with Crippen LogP contribution in [0.1, 0.15) is 40.3 Å². The van der Waals surface area contributed by atoms with E-state index in [1.807, 2.05) is 19.0 Å². The smallest absolute Gasteiger partial charge is 0.168 e. The number of carbonyl (C=O) groups is 1. The first-order valence-electron chi connectivity index (χ1n) is 10.6. The van der Waals surface area contributed by atoms with Crippen LogP contribution in [0.2, 0.25) is 0 Å². The zero-order chi connectivity index (χ0) is 23.9. The van der Waals surface area contributed by atoms with Crippen molar-refractivity contribution in [3.8, 4) is 22.9 Å². The van der Waals surface area contributed by atoms with E-state index in [4.69, 9.17) is 10.5 Å². The zero-order valence-electron chi connectivity index (χ0n) is 19.0. The van der Waals surface area contributed by atoms with E-state index in [1.54, 1.807) is 26.2 Å². The van der Waals surface area contributed by atoms with Crippen LogP contribution in [0.5, 0.6) is 5.75 Å². The van der Waals surface area contributed by atoms with Gasteiger partial charge in [-0.2, -0.15) is 10.4 Å². The normalized spacial score (nSPS) is 17.9. The Hall–Kier alpha value is -3.77. The standard InChI is InChI=1S/C24H25FN6O2/c1-13-18-9-16(25)5-6-17(18)23(32)15(12-30(2)3)7-19-22(20(10-26)31(4)29-19)14-8-21(33-13)24(27)28-11-14/h5-6,8-9,11,13,15H,7,12H2,1-4H3,(H2,27,28)/t13-,15?/m1/s1. The Balaban J connectivity index is 1.99. The fourth-order valence-corrected chi connectivity index (χ4v) is 4.32. The Morgan fingerprint density at radius 3 is 2.82 bits per heavy atom. The Morgan fingerprint density at radius 2 is 2.12 bits per heavy atom. The van der Waals surface area contributed by atoms with Crippen molar-refractivity contribution < 1.29 is 13.9 Å². The molecule has 0 aliphatic carbocycles. The van der Waals surface area contributed by atoms with Gasteiger partial charge < -0.3 is 15.4 Å². The molecule has 1 aliphatic rings. The molecule has 4 rings (SSSR count). The molecule has 1 unspecified atom stereocenters. The molecule has 8 nitrogen and oxygen atoms in total. The molecule has 0 saturated carbocycles. The van der Waals surface area contributed by atoms with Crippen molar-refractivity contribution in [2.24, 2.45) is 13.0 Å². The van der Waals surface area contributed by atoms with E-state index in [0.29, 0.717) is 46.6 Å². The number of aromatic nitrogens is 3. The van der Waals surface area contributed by atoms with Crippen LogP contribution in [0.15, 0.2) is 30.5 Å². The van der Waals surface area contributed by atoms with Crippen LogP contribution in [-0.2, 0) is 13.5 Å². The number of rotatable bonds is 2. The summed E-state index contributed by atoms with van der Waals surface area (Å²) in [6.45, 7) is 2.19. The van der Waals surface area contributed by atoms with Crippen LogP contribution >= 0.6 is 0 Å². The number of aryl methyl sites for hydroxylation is 1. The zero-order valence-corrected chi connectivity index (χ0v) is 19.0. The maximum Gasteiger partial charge on any atom is 0.168 e. The van der Waals surface area contributed by atoms with E-state index in [1.165, 1.54) is 22.9 Å². The summed E-state index contributed by atoms with van der Waals surface area (Å²) in [6.07, 6.45) is 1.20. The number of ether oxygens (including phenoxy) is 1. The molecule has 0 spiro atoms. The molecule has 0 fully saturated rings. The minimum absolute atomic E-state index is 0.139. The van der Waals surface area contributed by atoms with Crippen LogP contribution < -0.4 is 10.5 Å². The average molecular weight is 449 g/mol. The van der Waals surface area contributed by atoms with Gasteiger partial charge in [0.05, 0.1) is 5.69 Å². The van der Waals surface area contributed by atoms with E-state index in [-0.39, 0.29) is 17.4 Å². The minimum atomic E-state index is -0.665. The molecule has 2 aromatic heterocycles. The van der Waals surface area contributed by atoms with Crippen molar-refractivity contribution in [2.45, 2.75) is 19.4 Å². The third kappa shape index (κ3) is 4.17. The highest BCUT2D eigenvalue weighted by atomic mass is 19.1. The second kappa shape index (κ2) is 8.64. The van der Waals surface area contributed by atoms with Gasteiger partial charge in [-0.25, -0.2) is 9.37 Å². The van der Waals surface area contributed by atoms with E-state index in [0.717, 1.165) is 0 Å². The Bertz CT molecular complexity index is 1280. The molecule has 33 heavy (non-hydrogen) atoms. The number of halogens is 1. The number of nitrogens with zero attached hydrogens (tertiary/aromatic N) is 5.